The fraction of sp³-hybridized carbons (Fsp3) is 0.217. The van der Waals surface area contributed by atoms with Gasteiger partial charge in [0.15, 0.2) is 0 Å². The SMILES string of the molecule is O=P([O-])([O-])[O-].c1ccc([P+](c2ccccc2)(c2ccccc2)C2CCCC2)cc1.c1ccc([P+](c2ccccc2)(c2ccccc2)C2CCCC2)cc1.c1ccc([P+](c2ccccc2)(c2ccccc2)C2CCCC2)cc1. The lowest BCUT2D eigenvalue weighted by atomic mass is 10.3. The molecule has 8 heteroatoms. The molecule has 12 rings (SSSR count). The summed E-state index contributed by atoms with van der Waals surface area (Å²) in [6.07, 6.45) is 16.4. The van der Waals surface area contributed by atoms with Gasteiger partial charge in [0.1, 0.15) is 69.5 Å². The van der Waals surface area contributed by atoms with Crippen LogP contribution < -0.4 is 62.4 Å². The minimum absolute atomic E-state index is 0.768. The summed E-state index contributed by atoms with van der Waals surface area (Å²) in [6.45, 7) is 0. The van der Waals surface area contributed by atoms with Gasteiger partial charge in [-0.15, -0.1) is 0 Å². The highest BCUT2D eigenvalue weighted by molar-refractivity contribution is 7.97. The van der Waals surface area contributed by atoms with Crippen molar-refractivity contribution in [1.29, 1.82) is 0 Å². The summed E-state index contributed by atoms with van der Waals surface area (Å²) in [6, 6.07) is 102. The van der Waals surface area contributed by atoms with Crippen LogP contribution in [0.25, 0.3) is 0 Å². The van der Waals surface area contributed by atoms with Crippen LogP contribution >= 0.6 is 29.6 Å². The van der Waals surface area contributed by atoms with E-state index in [9.17, 15) is 0 Å². The predicted molar refractivity (Wildman–Crippen MR) is 330 cm³/mol. The molecule has 3 saturated carbocycles. The van der Waals surface area contributed by atoms with Crippen molar-refractivity contribution in [2.45, 2.75) is 94.0 Å². The third kappa shape index (κ3) is 13.0. The highest BCUT2D eigenvalue weighted by atomic mass is 31.2. The molecule has 3 fully saturated rings. The number of phosphoric acid groups is 1. The van der Waals surface area contributed by atoms with Gasteiger partial charge in [-0.25, -0.2) is 0 Å². The Balaban J connectivity index is 0.000000135. The Bertz CT molecular complexity index is 2510. The smallest absolute Gasteiger partial charge is 0.115 e. The molecule has 9 aromatic rings. The number of benzene rings is 9. The van der Waals surface area contributed by atoms with Crippen LogP contribution in [0, 0.1) is 0 Å². The first-order valence-corrected chi connectivity index (χ1v) is 34.7. The van der Waals surface area contributed by atoms with E-state index in [0.29, 0.717) is 0 Å². The van der Waals surface area contributed by atoms with Crippen LogP contribution in [0.5, 0.6) is 0 Å². The van der Waals surface area contributed by atoms with Crippen molar-refractivity contribution in [2.24, 2.45) is 0 Å². The molecular formula is C69H72O4P4. The topological polar surface area (TPSA) is 86.2 Å². The lowest BCUT2D eigenvalue weighted by Gasteiger charge is -2.36. The molecular weight excluding hydrogens is 1020 g/mol. The Kier molecular flexibility index (Phi) is 19.9. The van der Waals surface area contributed by atoms with Gasteiger partial charge in [0.05, 0.1) is 17.0 Å². The van der Waals surface area contributed by atoms with E-state index in [1.807, 2.05) is 0 Å². The van der Waals surface area contributed by atoms with E-state index >= 15 is 0 Å². The molecule has 3 aliphatic carbocycles. The summed E-state index contributed by atoms with van der Waals surface area (Å²) in [7, 11) is -10.2. The van der Waals surface area contributed by atoms with Crippen molar-refractivity contribution in [3.63, 3.8) is 0 Å². The van der Waals surface area contributed by atoms with E-state index < -0.39 is 29.6 Å². The van der Waals surface area contributed by atoms with Crippen molar-refractivity contribution < 1.29 is 19.2 Å². The van der Waals surface area contributed by atoms with Crippen molar-refractivity contribution in [1.82, 2.24) is 0 Å². The molecule has 3 aliphatic rings. The largest absolute Gasteiger partial charge is 0.822 e. The monoisotopic (exact) mass is 1090 g/mol. The zero-order valence-corrected chi connectivity index (χ0v) is 47.7. The van der Waals surface area contributed by atoms with Crippen molar-refractivity contribution >= 4 is 77.4 Å². The van der Waals surface area contributed by atoms with Gasteiger partial charge in [0.25, 0.3) is 0 Å². The first-order valence-electron chi connectivity index (χ1n) is 27.7. The Morgan fingerprint density at radius 2 is 0.338 bits per heavy atom. The summed E-state index contributed by atoms with van der Waals surface area (Å²) in [4.78, 5) is 25.6. The van der Waals surface area contributed by atoms with Crippen LogP contribution in [-0.2, 0) is 4.57 Å². The van der Waals surface area contributed by atoms with Crippen LogP contribution in [0.4, 0.5) is 0 Å². The molecule has 0 N–H and O–H groups in total. The molecule has 0 radical (unpaired) electrons. The second kappa shape index (κ2) is 27.3. The van der Waals surface area contributed by atoms with Gasteiger partial charge >= 0.3 is 0 Å². The number of hydrogen-bond donors (Lipinski definition) is 0. The fourth-order valence-corrected chi connectivity index (χ4v) is 28.8. The van der Waals surface area contributed by atoms with Gasteiger partial charge in [-0.2, -0.15) is 7.82 Å². The standard InChI is InChI=1S/3C23H24P.H3O4P/c3*1-4-12-20(13-5-1)24(23-18-10-11-19-23,21-14-6-2-7-15-21)22-16-8-3-9-17-22;1-5(2,3)4/h3*1-9,12-17,23H,10-11,18-19H2;(H3,1,2,3,4)/q3*+1;/p-3. The van der Waals surface area contributed by atoms with Crippen LogP contribution in [-0.4, -0.2) is 17.0 Å². The van der Waals surface area contributed by atoms with Gasteiger partial charge in [-0.1, -0.05) is 164 Å². The van der Waals surface area contributed by atoms with Crippen LogP contribution in [0.3, 0.4) is 0 Å². The predicted octanol–water partition coefficient (Wildman–Crippen LogP) is 11.9. The molecule has 77 heavy (non-hydrogen) atoms. The number of rotatable bonds is 12. The minimum atomic E-state index is -5.39. The first kappa shape index (κ1) is 56.1. The highest BCUT2D eigenvalue weighted by Gasteiger charge is 2.55. The zero-order valence-electron chi connectivity index (χ0n) is 44.1. The quantitative estimate of drug-likeness (QED) is 0.114. The summed E-state index contributed by atoms with van der Waals surface area (Å²) in [5, 5.41) is 13.8. The van der Waals surface area contributed by atoms with Crippen molar-refractivity contribution in [3.05, 3.63) is 273 Å². The Morgan fingerprint density at radius 3 is 0.442 bits per heavy atom. The first-order chi connectivity index (χ1) is 37.8. The molecule has 0 heterocycles. The lowest BCUT2D eigenvalue weighted by Crippen LogP contribution is -2.37. The van der Waals surface area contributed by atoms with Crippen LogP contribution in [0.2, 0.25) is 0 Å². The molecule has 0 aromatic heterocycles. The highest BCUT2D eigenvalue weighted by Crippen LogP contribution is 2.66. The lowest BCUT2D eigenvalue weighted by molar-refractivity contribution is -0.432. The second-order valence-electron chi connectivity index (χ2n) is 20.5. The summed E-state index contributed by atoms with van der Waals surface area (Å²) >= 11 is 0. The molecule has 0 aliphatic heterocycles. The maximum atomic E-state index is 8.55. The minimum Gasteiger partial charge on any atom is -0.822 e. The maximum absolute atomic E-state index is 8.55. The van der Waals surface area contributed by atoms with E-state index in [2.05, 4.69) is 273 Å². The molecule has 9 aromatic carbocycles. The van der Waals surface area contributed by atoms with Crippen molar-refractivity contribution in [2.75, 3.05) is 0 Å². The van der Waals surface area contributed by atoms with E-state index in [4.69, 9.17) is 19.2 Å². The molecule has 392 valence electrons. The molecule has 0 spiro atoms. The zero-order chi connectivity index (χ0) is 53.2. The normalized spacial score (nSPS) is 15.3. The van der Waals surface area contributed by atoms with E-state index in [1.54, 1.807) is 0 Å². The van der Waals surface area contributed by atoms with E-state index in [0.717, 1.165) is 17.0 Å². The third-order valence-electron chi connectivity index (χ3n) is 16.1. The Morgan fingerprint density at radius 1 is 0.234 bits per heavy atom. The average Bonchev–Trinajstić information content (AvgIpc) is 4.43. The van der Waals surface area contributed by atoms with Crippen LogP contribution in [0.1, 0.15) is 77.0 Å². The molecule has 0 atom stereocenters. The summed E-state index contributed by atoms with van der Waals surface area (Å²) in [5.74, 6) is 0. The average molecular weight is 1090 g/mol. The van der Waals surface area contributed by atoms with Gasteiger partial charge in [-0.05, 0) is 186 Å². The van der Waals surface area contributed by atoms with Gasteiger partial charge < -0.3 is 19.2 Å². The van der Waals surface area contributed by atoms with Crippen molar-refractivity contribution in [3.8, 4) is 0 Å². The third-order valence-corrected chi connectivity index (χ3v) is 30.9. The molecule has 0 saturated heterocycles. The summed E-state index contributed by atoms with van der Waals surface area (Å²) in [5.41, 5.74) is 2.30. The van der Waals surface area contributed by atoms with Gasteiger partial charge in [-0.3, -0.25) is 0 Å². The van der Waals surface area contributed by atoms with Crippen LogP contribution in [0.15, 0.2) is 273 Å². The van der Waals surface area contributed by atoms with Gasteiger partial charge in [0, 0.05) is 0 Å². The molecule has 0 bridgehead atoms. The van der Waals surface area contributed by atoms with E-state index in [1.165, 1.54) is 125 Å². The van der Waals surface area contributed by atoms with Gasteiger partial charge in [0.2, 0.25) is 0 Å². The molecule has 0 unspecified atom stereocenters. The Labute approximate surface area is 461 Å². The molecule has 0 amide bonds. The number of hydrogen-bond acceptors (Lipinski definition) is 4. The fourth-order valence-electron chi connectivity index (χ4n) is 13.1. The Hall–Kier alpha value is -5.62. The second-order valence-corrected chi connectivity index (χ2v) is 32.5. The summed E-state index contributed by atoms with van der Waals surface area (Å²) < 4.78 is 8.55. The maximum Gasteiger partial charge on any atom is 0.115 e. The molecule has 4 nitrogen and oxygen atoms in total. The van der Waals surface area contributed by atoms with E-state index in [-0.39, 0.29) is 0 Å².